The van der Waals surface area contributed by atoms with Crippen LogP contribution in [0.15, 0.2) is 78.0 Å². The number of aromatic amines is 1. The van der Waals surface area contributed by atoms with Gasteiger partial charge in [-0.2, -0.15) is 5.10 Å². The fraction of sp³-hybridized carbons (Fsp3) is 0.0909. The monoisotopic (exact) mass is 456 g/mol. The van der Waals surface area contributed by atoms with Crippen molar-refractivity contribution in [2.45, 2.75) is 17.9 Å². The first kappa shape index (κ1) is 21.2. The molecule has 4 aromatic rings. The van der Waals surface area contributed by atoms with E-state index in [1.807, 2.05) is 0 Å². The van der Waals surface area contributed by atoms with Crippen LogP contribution in [0, 0.1) is 5.82 Å². The zero-order valence-electron chi connectivity index (χ0n) is 16.4. The van der Waals surface area contributed by atoms with Crippen LogP contribution in [-0.2, 0) is 10.0 Å². The van der Waals surface area contributed by atoms with Crippen LogP contribution in [-0.4, -0.2) is 23.6 Å². The van der Waals surface area contributed by atoms with Gasteiger partial charge in [0, 0.05) is 28.5 Å². The molecule has 158 valence electrons. The van der Waals surface area contributed by atoms with Crippen LogP contribution in [0.5, 0.6) is 0 Å². The van der Waals surface area contributed by atoms with Crippen molar-refractivity contribution >= 4 is 21.6 Å². The number of nitrogens with one attached hydrogen (secondary N) is 2. The van der Waals surface area contributed by atoms with E-state index in [4.69, 9.17) is 11.6 Å². The van der Waals surface area contributed by atoms with Crippen LogP contribution in [0.25, 0.3) is 22.4 Å². The van der Waals surface area contributed by atoms with Crippen LogP contribution < -0.4 is 4.72 Å². The normalized spacial score (nSPS) is 12.6. The largest absolute Gasteiger partial charge is 0.280 e. The Bertz CT molecular complexity index is 1310. The molecule has 6 nitrogen and oxygen atoms in total. The molecule has 4 rings (SSSR count). The Hall–Kier alpha value is -3.07. The average Bonchev–Trinajstić information content (AvgIpc) is 3.20. The molecule has 0 unspecified atom stereocenters. The summed E-state index contributed by atoms with van der Waals surface area (Å²) in [6, 6.07) is 15.0. The Labute approximate surface area is 184 Å². The summed E-state index contributed by atoms with van der Waals surface area (Å²) < 4.78 is 41.8. The highest BCUT2D eigenvalue weighted by Gasteiger charge is 2.25. The van der Waals surface area contributed by atoms with E-state index in [9.17, 15) is 12.8 Å². The summed E-state index contributed by atoms with van der Waals surface area (Å²) in [4.78, 5) is 4.11. The molecule has 0 radical (unpaired) electrons. The van der Waals surface area contributed by atoms with Gasteiger partial charge in [0.1, 0.15) is 11.5 Å². The van der Waals surface area contributed by atoms with Crippen molar-refractivity contribution in [1.29, 1.82) is 0 Å². The van der Waals surface area contributed by atoms with E-state index in [1.54, 1.807) is 55.7 Å². The van der Waals surface area contributed by atoms with Gasteiger partial charge in [-0.25, -0.2) is 17.5 Å². The third kappa shape index (κ3) is 4.51. The van der Waals surface area contributed by atoms with Gasteiger partial charge >= 0.3 is 0 Å². The highest BCUT2D eigenvalue weighted by Crippen LogP contribution is 2.36. The Morgan fingerprint density at radius 3 is 2.42 bits per heavy atom. The average molecular weight is 457 g/mol. The highest BCUT2D eigenvalue weighted by atomic mass is 35.5. The lowest BCUT2D eigenvalue weighted by Gasteiger charge is -2.15. The number of halogens is 2. The van der Waals surface area contributed by atoms with E-state index < -0.39 is 16.1 Å². The minimum absolute atomic E-state index is 0.0654. The SMILES string of the molecule is C[C@@H](NS(=O)(=O)c1cccc(Cl)c1)c1[nH]nc(-c2ccc(F)cc2)c1-c1ccncc1. The number of nitrogens with zero attached hydrogens (tertiary/aromatic N) is 2. The van der Waals surface area contributed by atoms with Crippen molar-refractivity contribution in [3.63, 3.8) is 0 Å². The summed E-state index contributed by atoms with van der Waals surface area (Å²) in [5.74, 6) is -0.354. The van der Waals surface area contributed by atoms with Crippen molar-refractivity contribution in [3.05, 3.63) is 89.6 Å². The standard InChI is InChI=1S/C22H18ClFN4O2S/c1-14(28-31(29,30)19-4-2-3-17(23)13-19)21-20(15-9-11-25-12-10-15)22(27-26-21)16-5-7-18(24)8-6-16/h2-14,28H,1H3,(H,26,27)/t14-/m1/s1. The van der Waals surface area contributed by atoms with E-state index in [2.05, 4.69) is 19.9 Å². The van der Waals surface area contributed by atoms with Crippen molar-refractivity contribution < 1.29 is 12.8 Å². The second-order valence-corrected chi connectivity index (χ2v) is 9.05. The second kappa shape index (κ2) is 8.58. The fourth-order valence-electron chi connectivity index (χ4n) is 3.29. The number of rotatable bonds is 6. The molecule has 2 N–H and O–H groups in total. The van der Waals surface area contributed by atoms with Crippen LogP contribution >= 0.6 is 11.6 Å². The molecule has 0 amide bonds. The van der Waals surface area contributed by atoms with Gasteiger partial charge in [-0.3, -0.25) is 10.1 Å². The molecule has 2 aromatic heterocycles. The predicted molar refractivity (Wildman–Crippen MR) is 117 cm³/mol. The maximum atomic E-state index is 13.4. The summed E-state index contributed by atoms with van der Waals surface area (Å²) in [5.41, 5.74) is 3.34. The summed E-state index contributed by atoms with van der Waals surface area (Å²) in [5, 5.41) is 7.69. The third-order valence-corrected chi connectivity index (χ3v) is 6.53. The smallest absolute Gasteiger partial charge is 0.241 e. The number of hydrogen-bond donors (Lipinski definition) is 2. The van der Waals surface area contributed by atoms with E-state index >= 15 is 0 Å². The molecular weight excluding hydrogens is 439 g/mol. The number of hydrogen-bond acceptors (Lipinski definition) is 4. The number of H-pyrrole nitrogens is 1. The molecule has 0 fully saturated rings. The summed E-state index contributed by atoms with van der Waals surface area (Å²) >= 11 is 5.95. The van der Waals surface area contributed by atoms with E-state index in [1.165, 1.54) is 24.3 Å². The van der Waals surface area contributed by atoms with Crippen molar-refractivity contribution in [2.75, 3.05) is 0 Å². The Balaban J connectivity index is 1.77. The summed E-state index contributed by atoms with van der Waals surface area (Å²) in [7, 11) is -3.83. The number of sulfonamides is 1. The van der Waals surface area contributed by atoms with Gasteiger partial charge < -0.3 is 0 Å². The molecule has 0 bridgehead atoms. The third-order valence-electron chi connectivity index (χ3n) is 4.75. The van der Waals surface area contributed by atoms with E-state index in [-0.39, 0.29) is 10.7 Å². The summed E-state index contributed by atoms with van der Waals surface area (Å²) in [6.07, 6.45) is 3.28. The molecule has 2 aromatic carbocycles. The molecule has 0 saturated carbocycles. The highest BCUT2D eigenvalue weighted by molar-refractivity contribution is 7.89. The maximum absolute atomic E-state index is 13.4. The fourth-order valence-corrected chi connectivity index (χ4v) is 4.80. The molecular formula is C22H18ClFN4O2S. The Morgan fingerprint density at radius 1 is 1.03 bits per heavy atom. The van der Waals surface area contributed by atoms with Crippen LogP contribution in [0.3, 0.4) is 0 Å². The molecule has 1 atom stereocenters. The van der Waals surface area contributed by atoms with E-state index in [0.717, 1.165) is 5.56 Å². The molecule has 31 heavy (non-hydrogen) atoms. The zero-order valence-corrected chi connectivity index (χ0v) is 18.0. The molecule has 0 aliphatic rings. The first-order chi connectivity index (χ1) is 14.8. The minimum Gasteiger partial charge on any atom is -0.280 e. The Kier molecular flexibility index (Phi) is 5.86. The van der Waals surface area contributed by atoms with Gasteiger partial charge in [0.25, 0.3) is 0 Å². The van der Waals surface area contributed by atoms with Gasteiger partial charge in [0.2, 0.25) is 10.0 Å². The molecule has 2 heterocycles. The minimum atomic E-state index is -3.83. The van der Waals surface area contributed by atoms with E-state index in [0.29, 0.717) is 27.5 Å². The topological polar surface area (TPSA) is 87.7 Å². The quantitative estimate of drug-likeness (QED) is 0.428. The first-order valence-electron chi connectivity index (χ1n) is 9.37. The number of aromatic nitrogens is 3. The lowest BCUT2D eigenvalue weighted by Crippen LogP contribution is -2.27. The number of pyridine rings is 1. The lowest BCUT2D eigenvalue weighted by atomic mass is 9.97. The first-order valence-corrected chi connectivity index (χ1v) is 11.2. The Morgan fingerprint density at radius 2 is 1.74 bits per heavy atom. The molecule has 9 heteroatoms. The molecule has 0 aliphatic heterocycles. The lowest BCUT2D eigenvalue weighted by molar-refractivity contribution is 0.564. The molecule has 0 aliphatic carbocycles. The van der Waals surface area contributed by atoms with Crippen LogP contribution in [0.1, 0.15) is 18.7 Å². The van der Waals surface area contributed by atoms with Crippen LogP contribution in [0.2, 0.25) is 5.02 Å². The maximum Gasteiger partial charge on any atom is 0.241 e. The molecule has 0 spiro atoms. The van der Waals surface area contributed by atoms with Gasteiger partial charge in [0.05, 0.1) is 16.6 Å². The van der Waals surface area contributed by atoms with Gasteiger partial charge in [-0.15, -0.1) is 0 Å². The van der Waals surface area contributed by atoms with Gasteiger partial charge in [0.15, 0.2) is 0 Å². The van der Waals surface area contributed by atoms with Gasteiger partial charge in [-0.1, -0.05) is 17.7 Å². The molecule has 0 saturated heterocycles. The zero-order chi connectivity index (χ0) is 22.0. The second-order valence-electron chi connectivity index (χ2n) is 6.90. The summed E-state index contributed by atoms with van der Waals surface area (Å²) in [6.45, 7) is 1.72. The van der Waals surface area contributed by atoms with Crippen LogP contribution in [0.4, 0.5) is 4.39 Å². The van der Waals surface area contributed by atoms with Crippen molar-refractivity contribution in [1.82, 2.24) is 19.9 Å². The van der Waals surface area contributed by atoms with Crippen molar-refractivity contribution in [2.24, 2.45) is 0 Å². The predicted octanol–water partition coefficient (Wildman–Crippen LogP) is 4.97. The van der Waals surface area contributed by atoms with Gasteiger partial charge in [-0.05, 0) is 67.1 Å². The number of benzene rings is 2. The van der Waals surface area contributed by atoms with Crippen molar-refractivity contribution in [3.8, 4) is 22.4 Å².